The van der Waals surface area contributed by atoms with Crippen molar-refractivity contribution >= 4 is 16.8 Å². The van der Waals surface area contributed by atoms with Gasteiger partial charge in [0.2, 0.25) is 0 Å². The Bertz CT molecular complexity index is 677. The molecule has 0 saturated carbocycles. The first-order valence-corrected chi connectivity index (χ1v) is 8.43. The highest BCUT2D eigenvalue weighted by atomic mass is 32.2. The standard InChI is InChI=1S/C18H20O3S/c1-4-21-18(19)14(3)16-7-5-6-8-17(16)22(20)15-11-9-13(2)10-12-15/h5-12,14H,4H2,1-3H3/t14-,22?/m0/s1. The van der Waals surface area contributed by atoms with E-state index in [1.54, 1.807) is 19.9 Å². The van der Waals surface area contributed by atoms with Crippen LogP contribution in [-0.4, -0.2) is 16.8 Å². The van der Waals surface area contributed by atoms with Crippen LogP contribution in [0.4, 0.5) is 0 Å². The molecule has 0 heterocycles. The second kappa shape index (κ2) is 7.36. The Labute approximate surface area is 133 Å². The van der Waals surface area contributed by atoms with Crippen molar-refractivity contribution in [2.75, 3.05) is 6.61 Å². The molecule has 0 amide bonds. The van der Waals surface area contributed by atoms with Crippen molar-refractivity contribution in [2.24, 2.45) is 0 Å². The van der Waals surface area contributed by atoms with E-state index in [0.29, 0.717) is 11.5 Å². The molecule has 2 atom stereocenters. The van der Waals surface area contributed by atoms with Gasteiger partial charge < -0.3 is 4.74 Å². The molecule has 0 bridgehead atoms. The molecule has 0 aliphatic rings. The zero-order chi connectivity index (χ0) is 16.1. The molecule has 0 fully saturated rings. The van der Waals surface area contributed by atoms with Crippen molar-refractivity contribution in [1.29, 1.82) is 0 Å². The Morgan fingerprint density at radius 3 is 2.41 bits per heavy atom. The van der Waals surface area contributed by atoms with Crippen LogP contribution in [0.1, 0.15) is 30.9 Å². The van der Waals surface area contributed by atoms with Crippen LogP contribution in [0.2, 0.25) is 0 Å². The number of benzene rings is 2. The van der Waals surface area contributed by atoms with Crippen LogP contribution < -0.4 is 0 Å². The largest absolute Gasteiger partial charge is 0.466 e. The maximum Gasteiger partial charge on any atom is 0.313 e. The van der Waals surface area contributed by atoms with Crippen LogP contribution in [0.5, 0.6) is 0 Å². The lowest BCUT2D eigenvalue weighted by molar-refractivity contribution is -0.144. The van der Waals surface area contributed by atoms with E-state index in [0.717, 1.165) is 16.0 Å². The summed E-state index contributed by atoms with van der Waals surface area (Å²) in [5.41, 5.74) is 1.87. The average Bonchev–Trinajstić information content (AvgIpc) is 2.54. The number of carbonyl (C=O) groups excluding carboxylic acids is 1. The number of hydrogen-bond acceptors (Lipinski definition) is 3. The summed E-state index contributed by atoms with van der Waals surface area (Å²) in [5.74, 6) is -0.735. The third-order valence-corrected chi connectivity index (χ3v) is 4.93. The lowest BCUT2D eigenvalue weighted by atomic mass is 10.0. The predicted octanol–water partition coefficient (Wildman–Crippen LogP) is 3.83. The van der Waals surface area contributed by atoms with Gasteiger partial charge >= 0.3 is 5.97 Å². The fraction of sp³-hybridized carbons (Fsp3) is 0.278. The van der Waals surface area contributed by atoms with Crippen molar-refractivity contribution < 1.29 is 13.7 Å². The third kappa shape index (κ3) is 3.63. The van der Waals surface area contributed by atoms with E-state index in [2.05, 4.69) is 0 Å². The molecule has 0 saturated heterocycles. The third-order valence-electron chi connectivity index (χ3n) is 3.46. The fourth-order valence-electron chi connectivity index (χ4n) is 2.19. The van der Waals surface area contributed by atoms with E-state index >= 15 is 0 Å². The van der Waals surface area contributed by atoms with Crippen molar-refractivity contribution in [3.05, 3.63) is 59.7 Å². The molecule has 4 heteroatoms. The Morgan fingerprint density at radius 2 is 1.77 bits per heavy atom. The fourth-order valence-corrected chi connectivity index (χ4v) is 3.49. The van der Waals surface area contributed by atoms with Crippen molar-refractivity contribution in [3.8, 4) is 0 Å². The van der Waals surface area contributed by atoms with E-state index in [9.17, 15) is 9.00 Å². The minimum absolute atomic E-state index is 0.296. The summed E-state index contributed by atoms with van der Waals surface area (Å²) in [6.07, 6.45) is 0. The first-order chi connectivity index (χ1) is 10.5. The molecular weight excluding hydrogens is 296 g/mol. The molecule has 116 valence electrons. The number of hydrogen-bond donors (Lipinski definition) is 0. The molecule has 22 heavy (non-hydrogen) atoms. The lowest BCUT2D eigenvalue weighted by Gasteiger charge is -2.15. The quantitative estimate of drug-likeness (QED) is 0.787. The first-order valence-electron chi connectivity index (χ1n) is 7.28. The number of ether oxygens (including phenoxy) is 1. The summed E-state index contributed by atoms with van der Waals surface area (Å²) < 4.78 is 17.9. The van der Waals surface area contributed by atoms with Gasteiger partial charge in [0.15, 0.2) is 0 Å². The summed E-state index contributed by atoms with van der Waals surface area (Å²) in [4.78, 5) is 13.4. The minimum Gasteiger partial charge on any atom is -0.466 e. The Morgan fingerprint density at radius 1 is 1.14 bits per heavy atom. The topological polar surface area (TPSA) is 43.4 Å². The Balaban J connectivity index is 2.37. The molecule has 1 unspecified atom stereocenters. The van der Waals surface area contributed by atoms with Gasteiger partial charge in [-0.15, -0.1) is 0 Å². The number of esters is 1. The van der Waals surface area contributed by atoms with Gasteiger partial charge in [0.05, 0.1) is 23.3 Å². The molecule has 3 nitrogen and oxygen atoms in total. The van der Waals surface area contributed by atoms with Gasteiger partial charge in [-0.05, 0) is 44.5 Å². The molecule has 0 spiro atoms. The molecule has 2 rings (SSSR count). The van der Waals surface area contributed by atoms with Gasteiger partial charge in [-0.1, -0.05) is 35.9 Å². The van der Waals surface area contributed by atoms with Crippen molar-refractivity contribution in [2.45, 2.75) is 36.5 Å². The van der Waals surface area contributed by atoms with Gasteiger partial charge in [-0.3, -0.25) is 4.79 Å². The number of carbonyl (C=O) groups is 1. The molecule has 2 aromatic carbocycles. The van der Waals surface area contributed by atoms with Crippen LogP contribution in [-0.2, 0) is 20.3 Å². The van der Waals surface area contributed by atoms with Crippen LogP contribution in [0.25, 0.3) is 0 Å². The monoisotopic (exact) mass is 316 g/mol. The van der Waals surface area contributed by atoms with E-state index in [-0.39, 0.29) is 5.97 Å². The molecule has 0 aromatic heterocycles. The van der Waals surface area contributed by atoms with Crippen LogP contribution in [0.3, 0.4) is 0 Å². The first kappa shape index (κ1) is 16.4. The van der Waals surface area contributed by atoms with Gasteiger partial charge in [0.25, 0.3) is 0 Å². The summed E-state index contributed by atoms with van der Waals surface area (Å²) in [6, 6.07) is 14.9. The SMILES string of the molecule is CCOC(=O)[C@@H](C)c1ccccc1S(=O)c1ccc(C)cc1. The predicted molar refractivity (Wildman–Crippen MR) is 87.3 cm³/mol. The zero-order valence-corrected chi connectivity index (χ0v) is 13.9. The molecule has 0 aliphatic carbocycles. The van der Waals surface area contributed by atoms with Crippen molar-refractivity contribution in [3.63, 3.8) is 0 Å². The van der Waals surface area contributed by atoms with E-state index in [1.165, 1.54) is 0 Å². The molecular formula is C18H20O3S. The molecule has 0 radical (unpaired) electrons. The summed E-state index contributed by atoms with van der Waals surface area (Å²) in [5, 5.41) is 0. The smallest absolute Gasteiger partial charge is 0.313 e. The number of rotatable bonds is 5. The zero-order valence-electron chi connectivity index (χ0n) is 13.0. The highest BCUT2D eigenvalue weighted by molar-refractivity contribution is 7.85. The maximum atomic E-state index is 12.8. The van der Waals surface area contributed by atoms with Gasteiger partial charge in [0, 0.05) is 9.79 Å². The van der Waals surface area contributed by atoms with Gasteiger partial charge in [-0.2, -0.15) is 0 Å². The number of aryl methyl sites for hydroxylation is 1. The van der Waals surface area contributed by atoms with Crippen LogP contribution in [0.15, 0.2) is 58.3 Å². The maximum absolute atomic E-state index is 12.8. The summed E-state index contributed by atoms with van der Waals surface area (Å²) >= 11 is 0. The lowest BCUT2D eigenvalue weighted by Crippen LogP contribution is -2.15. The molecule has 0 N–H and O–H groups in total. The van der Waals surface area contributed by atoms with E-state index in [4.69, 9.17) is 4.74 Å². The average molecular weight is 316 g/mol. The second-order valence-electron chi connectivity index (χ2n) is 5.09. The molecule has 0 aliphatic heterocycles. The Hall–Kier alpha value is -1.94. The van der Waals surface area contributed by atoms with Crippen molar-refractivity contribution in [1.82, 2.24) is 0 Å². The second-order valence-corrected chi connectivity index (χ2v) is 6.54. The van der Waals surface area contributed by atoms with E-state index in [1.807, 2.05) is 49.4 Å². The van der Waals surface area contributed by atoms with Gasteiger partial charge in [0.1, 0.15) is 0 Å². The van der Waals surface area contributed by atoms with Crippen LogP contribution in [0, 0.1) is 6.92 Å². The highest BCUT2D eigenvalue weighted by Gasteiger charge is 2.22. The van der Waals surface area contributed by atoms with Gasteiger partial charge in [-0.25, -0.2) is 4.21 Å². The summed E-state index contributed by atoms with van der Waals surface area (Å²) in [6.45, 7) is 5.89. The molecule has 2 aromatic rings. The highest BCUT2D eigenvalue weighted by Crippen LogP contribution is 2.27. The van der Waals surface area contributed by atoms with Crippen LogP contribution >= 0.6 is 0 Å². The normalized spacial score (nSPS) is 13.4. The summed E-state index contributed by atoms with van der Waals surface area (Å²) in [7, 11) is -1.32. The Kier molecular flexibility index (Phi) is 5.50. The minimum atomic E-state index is -1.32. The van der Waals surface area contributed by atoms with E-state index < -0.39 is 16.7 Å².